The maximum atomic E-state index is 12.8. The van der Waals surface area contributed by atoms with Crippen LogP contribution in [0.25, 0.3) is 0 Å². The molecule has 0 aliphatic carbocycles. The van der Waals surface area contributed by atoms with Crippen molar-refractivity contribution in [2.24, 2.45) is 5.92 Å². The molecule has 3 atom stereocenters. The molecule has 2 fully saturated rings. The Kier molecular flexibility index (Phi) is 7.69. The van der Waals surface area contributed by atoms with E-state index >= 15 is 0 Å². The van der Waals surface area contributed by atoms with Crippen LogP contribution >= 0.6 is 0 Å². The van der Waals surface area contributed by atoms with Gasteiger partial charge in [0.15, 0.2) is 5.82 Å². The smallest absolute Gasteiger partial charge is 0.290 e. The predicted octanol–water partition coefficient (Wildman–Crippen LogP) is 1.80. The van der Waals surface area contributed by atoms with Gasteiger partial charge in [-0.15, -0.1) is 0 Å². The SMILES string of the molecule is COc1cccc(CN2C[C@H](C(=O)Nc3cnccn3)C[C@H]3OCC[C@H]32)c1.O=CO. The number of fused-ring (bicyclic) bond motifs is 1. The number of hydrogen-bond acceptors (Lipinski definition) is 7. The number of aromatic nitrogens is 2. The second kappa shape index (κ2) is 10.7. The van der Waals surface area contributed by atoms with Crippen molar-refractivity contribution < 1.29 is 24.2 Å². The molecule has 2 aliphatic rings. The lowest BCUT2D eigenvalue weighted by Gasteiger charge is -2.40. The van der Waals surface area contributed by atoms with Gasteiger partial charge in [0.1, 0.15) is 5.75 Å². The number of ether oxygens (including phenoxy) is 2. The first-order chi connectivity index (χ1) is 14.6. The second-order valence-corrected chi connectivity index (χ2v) is 7.16. The monoisotopic (exact) mass is 414 g/mol. The van der Waals surface area contributed by atoms with Crippen LogP contribution in [0.4, 0.5) is 5.82 Å². The van der Waals surface area contributed by atoms with E-state index in [0.717, 1.165) is 31.7 Å². The van der Waals surface area contributed by atoms with Crippen LogP contribution in [0.2, 0.25) is 0 Å². The molecule has 0 spiro atoms. The van der Waals surface area contributed by atoms with Crippen LogP contribution in [0.5, 0.6) is 5.75 Å². The Morgan fingerprint density at radius 2 is 2.27 bits per heavy atom. The minimum Gasteiger partial charge on any atom is -0.497 e. The molecule has 3 heterocycles. The van der Waals surface area contributed by atoms with Crippen molar-refractivity contribution in [2.75, 3.05) is 25.6 Å². The van der Waals surface area contributed by atoms with E-state index in [9.17, 15) is 4.79 Å². The van der Waals surface area contributed by atoms with Gasteiger partial charge in [0.05, 0.1) is 25.3 Å². The van der Waals surface area contributed by atoms with Crippen molar-refractivity contribution >= 4 is 18.2 Å². The number of piperidine rings is 1. The summed E-state index contributed by atoms with van der Waals surface area (Å²) in [7, 11) is 1.67. The van der Waals surface area contributed by atoms with E-state index in [1.807, 2.05) is 18.2 Å². The molecule has 4 rings (SSSR count). The number of carboxylic acid groups (broad SMARTS) is 1. The third kappa shape index (κ3) is 5.52. The Morgan fingerprint density at radius 1 is 1.43 bits per heavy atom. The molecule has 2 saturated heterocycles. The van der Waals surface area contributed by atoms with E-state index < -0.39 is 0 Å². The Bertz CT molecular complexity index is 835. The van der Waals surface area contributed by atoms with Crippen molar-refractivity contribution in [2.45, 2.75) is 31.5 Å². The summed E-state index contributed by atoms with van der Waals surface area (Å²) in [5, 5.41) is 9.77. The molecule has 2 N–H and O–H groups in total. The van der Waals surface area contributed by atoms with Gasteiger partial charge in [-0.05, 0) is 30.5 Å². The molecule has 2 aliphatic heterocycles. The molecule has 9 nitrogen and oxygen atoms in total. The van der Waals surface area contributed by atoms with Crippen LogP contribution in [0.15, 0.2) is 42.9 Å². The van der Waals surface area contributed by atoms with Crippen LogP contribution in [0.3, 0.4) is 0 Å². The van der Waals surface area contributed by atoms with Gasteiger partial charge in [0.2, 0.25) is 5.91 Å². The molecule has 160 valence electrons. The van der Waals surface area contributed by atoms with Gasteiger partial charge in [0.25, 0.3) is 6.47 Å². The van der Waals surface area contributed by atoms with Gasteiger partial charge in [-0.3, -0.25) is 19.5 Å². The average Bonchev–Trinajstić information content (AvgIpc) is 3.24. The van der Waals surface area contributed by atoms with E-state index in [1.54, 1.807) is 25.7 Å². The van der Waals surface area contributed by atoms with Crippen LogP contribution in [-0.2, 0) is 20.9 Å². The quantitative estimate of drug-likeness (QED) is 0.712. The highest BCUT2D eigenvalue weighted by atomic mass is 16.5. The lowest BCUT2D eigenvalue weighted by atomic mass is 9.89. The highest BCUT2D eigenvalue weighted by Gasteiger charge is 2.42. The Balaban J connectivity index is 0.000000806. The van der Waals surface area contributed by atoms with Gasteiger partial charge in [-0.2, -0.15) is 0 Å². The topological polar surface area (TPSA) is 114 Å². The summed E-state index contributed by atoms with van der Waals surface area (Å²) < 4.78 is 11.3. The van der Waals surface area contributed by atoms with Crippen LogP contribution in [-0.4, -0.2) is 64.8 Å². The standard InChI is InChI=1S/C20H24N4O3.CH2O2/c1-26-16-4-2-3-14(9-16)12-24-13-15(10-18-17(24)5-8-27-18)20(25)23-19-11-21-6-7-22-19;2-1-3/h2-4,6-7,9,11,15,17-18H,5,8,10,12-13H2,1H3,(H,22,23,25);1H,(H,2,3)/t15-,17-,18-;/m1./s1. The van der Waals surface area contributed by atoms with Crippen molar-refractivity contribution in [1.29, 1.82) is 0 Å². The van der Waals surface area contributed by atoms with E-state index in [-0.39, 0.29) is 24.4 Å². The number of likely N-dealkylation sites (tertiary alicyclic amines) is 1. The van der Waals surface area contributed by atoms with Gasteiger partial charge in [0, 0.05) is 38.1 Å². The zero-order valence-electron chi connectivity index (χ0n) is 16.8. The molecular weight excluding hydrogens is 388 g/mol. The van der Waals surface area contributed by atoms with E-state index in [1.165, 1.54) is 5.56 Å². The van der Waals surface area contributed by atoms with E-state index in [2.05, 4.69) is 26.3 Å². The summed E-state index contributed by atoms with van der Waals surface area (Å²) in [5.41, 5.74) is 1.18. The van der Waals surface area contributed by atoms with Crippen molar-refractivity contribution in [3.05, 3.63) is 48.4 Å². The number of amides is 1. The largest absolute Gasteiger partial charge is 0.497 e. The Labute approximate surface area is 175 Å². The fraction of sp³-hybridized carbons (Fsp3) is 0.429. The van der Waals surface area contributed by atoms with Gasteiger partial charge in [-0.25, -0.2) is 4.98 Å². The predicted molar refractivity (Wildman–Crippen MR) is 109 cm³/mol. The normalized spacial score (nSPS) is 22.9. The number of carbonyl (C=O) groups is 2. The van der Waals surface area contributed by atoms with Gasteiger partial charge >= 0.3 is 0 Å². The van der Waals surface area contributed by atoms with Gasteiger partial charge < -0.3 is 19.9 Å². The number of hydrogen-bond donors (Lipinski definition) is 2. The molecule has 0 bridgehead atoms. The molecule has 30 heavy (non-hydrogen) atoms. The second-order valence-electron chi connectivity index (χ2n) is 7.16. The highest BCUT2D eigenvalue weighted by Crippen LogP contribution is 2.33. The number of methoxy groups -OCH3 is 1. The lowest BCUT2D eigenvalue weighted by molar-refractivity contribution is -0.124. The highest BCUT2D eigenvalue weighted by molar-refractivity contribution is 5.91. The van der Waals surface area contributed by atoms with Crippen molar-refractivity contribution in [1.82, 2.24) is 14.9 Å². The summed E-state index contributed by atoms with van der Waals surface area (Å²) in [5.74, 6) is 1.16. The summed E-state index contributed by atoms with van der Waals surface area (Å²) in [6.45, 7) is 1.98. The lowest BCUT2D eigenvalue weighted by Crippen LogP contribution is -2.51. The molecular formula is C21H26N4O5. The van der Waals surface area contributed by atoms with Gasteiger partial charge in [-0.1, -0.05) is 12.1 Å². The molecule has 0 saturated carbocycles. The zero-order chi connectivity index (χ0) is 21.3. The molecule has 2 aromatic rings. The maximum absolute atomic E-state index is 12.8. The number of nitrogens with zero attached hydrogens (tertiary/aromatic N) is 3. The Morgan fingerprint density at radius 3 is 3.00 bits per heavy atom. The number of anilines is 1. The number of nitrogens with one attached hydrogen (secondary N) is 1. The minimum atomic E-state index is -0.250. The summed E-state index contributed by atoms with van der Waals surface area (Å²) in [6, 6.07) is 8.44. The summed E-state index contributed by atoms with van der Waals surface area (Å²) >= 11 is 0. The molecule has 1 aromatic heterocycles. The number of benzene rings is 1. The number of carbonyl (C=O) groups excluding carboxylic acids is 1. The molecule has 1 aromatic carbocycles. The number of rotatable bonds is 5. The minimum absolute atomic E-state index is 0.0277. The van der Waals surface area contributed by atoms with Crippen LogP contribution in [0.1, 0.15) is 18.4 Å². The molecule has 0 unspecified atom stereocenters. The first-order valence-electron chi connectivity index (χ1n) is 9.78. The van der Waals surface area contributed by atoms with Crippen molar-refractivity contribution in [3.63, 3.8) is 0 Å². The summed E-state index contributed by atoms with van der Waals surface area (Å²) in [6.07, 6.45) is 6.56. The zero-order valence-corrected chi connectivity index (χ0v) is 16.8. The van der Waals surface area contributed by atoms with E-state index in [0.29, 0.717) is 18.4 Å². The first-order valence-corrected chi connectivity index (χ1v) is 9.78. The molecule has 9 heteroatoms. The Hall–Kier alpha value is -3.04. The fourth-order valence-corrected chi connectivity index (χ4v) is 4.02. The van der Waals surface area contributed by atoms with Crippen LogP contribution in [0, 0.1) is 5.92 Å². The van der Waals surface area contributed by atoms with E-state index in [4.69, 9.17) is 19.4 Å². The first kappa shape index (κ1) is 21.7. The average molecular weight is 414 g/mol. The summed E-state index contributed by atoms with van der Waals surface area (Å²) in [4.78, 5) is 31.6. The molecule has 1 amide bonds. The third-order valence-electron chi connectivity index (χ3n) is 5.32. The fourth-order valence-electron chi connectivity index (χ4n) is 4.02. The third-order valence-corrected chi connectivity index (χ3v) is 5.32. The van der Waals surface area contributed by atoms with Crippen molar-refractivity contribution in [3.8, 4) is 5.75 Å². The molecule has 0 radical (unpaired) electrons. The maximum Gasteiger partial charge on any atom is 0.290 e. The van der Waals surface area contributed by atoms with Crippen LogP contribution < -0.4 is 10.1 Å².